The largest absolute Gasteiger partial charge is 0.496 e. The normalized spacial score (nSPS) is 12.6. The fourth-order valence-corrected chi connectivity index (χ4v) is 1.80. The second-order valence-electron chi connectivity index (χ2n) is 3.79. The molecule has 4 nitrogen and oxygen atoms in total. The number of benzene rings is 1. The monoisotopic (exact) mass is 224 g/mol. The van der Waals surface area contributed by atoms with Gasteiger partial charge in [-0.15, -0.1) is 0 Å². The Balaban J connectivity index is 3.26. The minimum absolute atomic E-state index is 0.0890. The van der Waals surface area contributed by atoms with Crippen molar-refractivity contribution in [1.82, 2.24) is 4.90 Å². The van der Waals surface area contributed by atoms with Gasteiger partial charge in [-0.25, -0.2) is 0 Å². The summed E-state index contributed by atoms with van der Waals surface area (Å²) in [6.07, 6.45) is 0. The Kier molecular flexibility index (Phi) is 4.58. The molecule has 90 valence electrons. The van der Waals surface area contributed by atoms with E-state index in [1.54, 1.807) is 14.2 Å². The van der Waals surface area contributed by atoms with Crippen LogP contribution in [-0.4, -0.2) is 39.8 Å². The Hall–Kier alpha value is -1.26. The summed E-state index contributed by atoms with van der Waals surface area (Å²) >= 11 is 0. The maximum absolute atomic E-state index is 5.80. The molecule has 0 saturated carbocycles. The average Bonchev–Trinajstić information content (AvgIpc) is 2.29. The molecule has 0 amide bonds. The summed E-state index contributed by atoms with van der Waals surface area (Å²) < 4.78 is 10.7. The van der Waals surface area contributed by atoms with E-state index in [4.69, 9.17) is 15.2 Å². The van der Waals surface area contributed by atoms with Crippen molar-refractivity contribution in [3.05, 3.63) is 23.8 Å². The third-order valence-corrected chi connectivity index (χ3v) is 2.65. The summed E-state index contributed by atoms with van der Waals surface area (Å²) in [5.74, 6) is 1.62. The van der Waals surface area contributed by atoms with E-state index in [0.29, 0.717) is 6.54 Å². The fourth-order valence-electron chi connectivity index (χ4n) is 1.80. The molecule has 0 aliphatic carbocycles. The molecule has 1 unspecified atom stereocenters. The van der Waals surface area contributed by atoms with Crippen LogP contribution >= 0.6 is 0 Å². The minimum atomic E-state index is 0.0890. The molecular weight excluding hydrogens is 204 g/mol. The van der Waals surface area contributed by atoms with Gasteiger partial charge in [-0.3, -0.25) is 0 Å². The van der Waals surface area contributed by atoms with Gasteiger partial charge in [0.05, 0.1) is 25.8 Å². The Morgan fingerprint density at radius 3 is 2.00 bits per heavy atom. The minimum Gasteiger partial charge on any atom is -0.496 e. The first-order valence-electron chi connectivity index (χ1n) is 5.23. The highest BCUT2D eigenvalue weighted by Gasteiger charge is 2.21. The lowest BCUT2D eigenvalue weighted by Crippen LogP contribution is -2.28. The van der Waals surface area contributed by atoms with Crippen LogP contribution in [0.1, 0.15) is 11.6 Å². The van der Waals surface area contributed by atoms with Crippen molar-refractivity contribution >= 4 is 0 Å². The van der Waals surface area contributed by atoms with Gasteiger partial charge in [-0.2, -0.15) is 0 Å². The molecule has 0 fully saturated rings. The van der Waals surface area contributed by atoms with Crippen molar-refractivity contribution in [2.45, 2.75) is 6.04 Å². The zero-order chi connectivity index (χ0) is 12.1. The van der Waals surface area contributed by atoms with E-state index in [1.807, 2.05) is 32.3 Å². The highest BCUT2D eigenvalue weighted by atomic mass is 16.5. The summed E-state index contributed by atoms with van der Waals surface area (Å²) in [6, 6.07) is 5.84. The third-order valence-electron chi connectivity index (χ3n) is 2.65. The van der Waals surface area contributed by atoms with Gasteiger partial charge in [0.2, 0.25) is 0 Å². The molecule has 0 bridgehead atoms. The molecule has 0 aliphatic heterocycles. The average molecular weight is 224 g/mol. The first-order valence-corrected chi connectivity index (χ1v) is 5.23. The van der Waals surface area contributed by atoms with Gasteiger partial charge in [0, 0.05) is 6.54 Å². The Labute approximate surface area is 96.9 Å². The summed E-state index contributed by atoms with van der Waals surface area (Å²) in [4.78, 5) is 2.06. The summed E-state index contributed by atoms with van der Waals surface area (Å²) in [5.41, 5.74) is 6.80. The standard InChI is InChI=1S/C12H20N2O2/c1-14(2)9(8-13)12-10(15-3)6-5-7-11(12)16-4/h5-7,9H,8,13H2,1-4H3. The lowest BCUT2D eigenvalue weighted by atomic mass is 10.0. The number of hydrogen-bond donors (Lipinski definition) is 1. The topological polar surface area (TPSA) is 47.7 Å². The quantitative estimate of drug-likeness (QED) is 0.818. The predicted octanol–water partition coefficient (Wildman–Crippen LogP) is 1.27. The molecule has 0 spiro atoms. The molecule has 2 N–H and O–H groups in total. The van der Waals surface area contributed by atoms with Crippen molar-refractivity contribution in [3.8, 4) is 11.5 Å². The van der Waals surface area contributed by atoms with Gasteiger partial charge >= 0.3 is 0 Å². The van der Waals surface area contributed by atoms with Crippen LogP contribution in [0.15, 0.2) is 18.2 Å². The first kappa shape index (κ1) is 12.8. The van der Waals surface area contributed by atoms with E-state index in [1.165, 1.54) is 0 Å². The lowest BCUT2D eigenvalue weighted by molar-refractivity contribution is 0.283. The van der Waals surface area contributed by atoms with Crippen LogP contribution in [0.3, 0.4) is 0 Å². The Bertz CT molecular complexity index is 318. The van der Waals surface area contributed by atoms with E-state index in [2.05, 4.69) is 4.90 Å². The van der Waals surface area contributed by atoms with Gasteiger partial charge in [-0.1, -0.05) is 6.07 Å². The highest BCUT2D eigenvalue weighted by molar-refractivity contribution is 5.47. The molecule has 1 aromatic carbocycles. The molecule has 1 atom stereocenters. The van der Waals surface area contributed by atoms with Crippen LogP contribution in [0.2, 0.25) is 0 Å². The fraction of sp³-hybridized carbons (Fsp3) is 0.500. The van der Waals surface area contributed by atoms with Crippen LogP contribution in [-0.2, 0) is 0 Å². The van der Waals surface area contributed by atoms with E-state index in [-0.39, 0.29) is 6.04 Å². The SMILES string of the molecule is COc1cccc(OC)c1C(CN)N(C)C. The molecule has 4 heteroatoms. The van der Waals surface area contributed by atoms with E-state index >= 15 is 0 Å². The number of likely N-dealkylation sites (N-methyl/N-ethyl adjacent to an activating group) is 1. The van der Waals surface area contributed by atoms with Gasteiger partial charge in [0.25, 0.3) is 0 Å². The molecule has 0 radical (unpaired) electrons. The number of methoxy groups -OCH3 is 2. The van der Waals surface area contributed by atoms with Gasteiger partial charge in [0.1, 0.15) is 11.5 Å². The second-order valence-corrected chi connectivity index (χ2v) is 3.79. The molecule has 0 aliphatic rings. The van der Waals surface area contributed by atoms with Crippen LogP contribution < -0.4 is 15.2 Å². The van der Waals surface area contributed by atoms with Crippen molar-refractivity contribution in [1.29, 1.82) is 0 Å². The summed E-state index contributed by atoms with van der Waals surface area (Å²) in [6.45, 7) is 0.518. The molecule has 0 saturated heterocycles. The maximum Gasteiger partial charge on any atom is 0.127 e. The third kappa shape index (κ3) is 2.46. The zero-order valence-corrected chi connectivity index (χ0v) is 10.4. The number of rotatable bonds is 5. The van der Waals surface area contributed by atoms with Gasteiger partial charge in [0.15, 0.2) is 0 Å². The molecule has 1 aromatic rings. The number of nitrogens with zero attached hydrogens (tertiary/aromatic N) is 1. The molecule has 1 rings (SSSR count). The predicted molar refractivity (Wildman–Crippen MR) is 65.0 cm³/mol. The smallest absolute Gasteiger partial charge is 0.127 e. The number of hydrogen-bond acceptors (Lipinski definition) is 4. The number of nitrogens with two attached hydrogens (primary N) is 1. The van der Waals surface area contributed by atoms with E-state index in [9.17, 15) is 0 Å². The first-order chi connectivity index (χ1) is 7.65. The van der Waals surface area contributed by atoms with Crippen LogP contribution in [0, 0.1) is 0 Å². The van der Waals surface area contributed by atoms with Crippen LogP contribution in [0.4, 0.5) is 0 Å². The molecular formula is C12H20N2O2. The maximum atomic E-state index is 5.80. The van der Waals surface area contributed by atoms with E-state index in [0.717, 1.165) is 17.1 Å². The van der Waals surface area contributed by atoms with Gasteiger partial charge in [-0.05, 0) is 26.2 Å². The molecule has 0 aromatic heterocycles. The summed E-state index contributed by atoms with van der Waals surface area (Å²) in [5, 5.41) is 0. The molecule has 16 heavy (non-hydrogen) atoms. The Morgan fingerprint density at radius 2 is 1.69 bits per heavy atom. The Morgan fingerprint density at radius 1 is 1.19 bits per heavy atom. The van der Waals surface area contributed by atoms with Crippen LogP contribution in [0.5, 0.6) is 11.5 Å². The van der Waals surface area contributed by atoms with Crippen molar-refractivity contribution in [3.63, 3.8) is 0 Å². The van der Waals surface area contributed by atoms with Crippen LogP contribution in [0.25, 0.3) is 0 Å². The number of ether oxygens (including phenoxy) is 2. The molecule has 0 heterocycles. The van der Waals surface area contributed by atoms with Crippen molar-refractivity contribution < 1.29 is 9.47 Å². The van der Waals surface area contributed by atoms with Crippen molar-refractivity contribution in [2.24, 2.45) is 5.73 Å². The lowest BCUT2D eigenvalue weighted by Gasteiger charge is -2.26. The van der Waals surface area contributed by atoms with Gasteiger partial charge < -0.3 is 20.1 Å². The summed E-state index contributed by atoms with van der Waals surface area (Å²) in [7, 11) is 7.29. The highest BCUT2D eigenvalue weighted by Crippen LogP contribution is 2.35. The van der Waals surface area contributed by atoms with Crippen molar-refractivity contribution in [2.75, 3.05) is 34.9 Å². The van der Waals surface area contributed by atoms with E-state index < -0.39 is 0 Å². The zero-order valence-electron chi connectivity index (χ0n) is 10.4. The second kappa shape index (κ2) is 5.72.